The Morgan fingerprint density at radius 1 is 1.48 bits per heavy atom. The summed E-state index contributed by atoms with van der Waals surface area (Å²) in [6.07, 6.45) is -4.57. The molecule has 2 aromatic rings. The third-order valence-corrected chi connectivity index (χ3v) is 4.65. The molecule has 0 aliphatic carbocycles. The maximum atomic E-state index is 11.8. The smallest absolute Gasteiger partial charge is 0.271 e. The summed E-state index contributed by atoms with van der Waals surface area (Å²) in [6, 6.07) is 0. The van der Waals surface area contributed by atoms with Crippen LogP contribution in [-0.4, -0.2) is 54.8 Å². The lowest BCUT2D eigenvalue weighted by Crippen LogP contribution is -2.33. The number of hydrogen-bond donors (Lipinski definition) is 5. The van der Waals surface area contributed by atoms with Crippen molar-refractivity contribution < 1.29 is 20.1 Å². The molecular formula is C10H12N4O5S2. The number of nitrogens with zero attached hydrogens (tertiary/aromatic N) is 2. The first-order chi connectivity index (χ1) is 9.93. The number of nitrogens with one attached hydrogen (secondary N) is 1. The van der Waals surface area contributed by atoms with Crippen molar-refractivity contribution in [3.63, 3.8) is 0 Å². The van der Waals surface area contributed by atoms with Crippen LogP contribution in [0.25, 0.3) is 10.3 Å². The predicted octanol–water partition coefficient (Wildman–Crippen LogP) is -1.29. The standard InChI is InChI=1S/C10H12N4O5S2/c11-9-12-6-5(7(18)13-9)21-10(20)14(6)8-4(17)3(16)2(1-15)19-8/h2-4,8,15-17H,1H2,(H3,11,12,13,18)/t2-,3+,4-,8-/m1/s1. The van der Waals surface area contributed by atoms with Crippen LogP contribution in [0.3, 0.4) is 0 Å². The van der Waals surface area contributed by atoms with E-state index in [9.17, 15) is 15.0 Å². The Labute approximate surface area is 126 Å². The summed E-state index contributed by atoms with van der Waals surface area (Å²) in [5.41, 5.74) is 5.24. The molecule has 0 aromatic carbocycles. The fourth-order valence-electron chi connectivity index (χ4n) is 2.26. The highest BCUT2D eigenvalue weighted by molar-refractivity contribution is 7.73. The molecule has 6 N–H and O–H groups in total. The summed E-state index contributed by atoms with van der Waals surface area (Å²) in [6.45, 7) is -0.458. The summed E-state index contributed by atoms with van der Waals surface area (Å²) in [4.78, 5) is 18.2. The van der Waals surface area contributed by atoms with E-state index in [1.165, 1.54) is 4.57 Å². The van der Waals surface area contributed by atoms with Crippen molar-refractivity contribution in [2.75, 3.05) is 12.3 Å². The van der Waals surface area contributed by atoms with Gasteiger partial charge in [0.25, 0.3) is 5.56 Å². The number of H-pyrrole nitrogens is 1. The van der Waals surface area contributed by atoms with Gasteiger partial charge in [-0.05, 0) is 12.2 Å². The molecule has 21 heavy (non-hydrogen) atoms. The number of aliphatic hydroxyl groups excluding tert-OH is 3. The van der Waals surface area contributed by atoms with Crippen LogP contribution in [0.1, 0.15) is 6.23 Å². The fourth-order valence-corrected chi connectivity index (χ4v) is 3.55. The molecule has 0 saturated carbocycles. The van der Waals surface area contributed by atoms with Gasteiger partial charge in [-0.1, -0.05) is 11.3 Å². The molecule has 0 bridgehead atoms. The monoisotopic (exact) mass is 332 g/mol. The van der Waals surface area contributed by atoms with Crippen LogP contribution in [0.15, 0.2) is 4.79 Å². The van der Waals surface area contributed by atoms with Crippen LogP contribution < -0.4 is 11.3 Å². The molecule has 0 radical (unpaired) electrons. The minimum atomic E-state index is -1.31. The molecule has 1 fully saturated rings. The summed E-state index contributed by atoms with van der Waals surface area (Å²) >= 11 is 6.17. The Bertz CT molecular complexity index is 799. The zero-order valence-corrected chi connectivity index (χ0v) is 12.1. The molecular weight excluding hydrogens is 320 g/mol. The molecule has 0 spiro atoms. The first-order valence-corrected chi connectivity index (χ1v) is 7.19. The van der Waals surface area contributed by atoms with E-state index in [0.717, 1.165) is 11.3 Å². The SMILES string of the molecule is Nc1nc2c(sc(=S)n2[C@@H]2O[C@H](CO)[C@H](O)[C@H]2O)c(=O)[nH]1. The van der Waals surface area contributed by atoms with Gasteiger partial charge in [0.2, 0.25) is 5.95 Å². The lowest BCUT2D eigenvalue weighted by Gasteiger charge is -2.16. The molecule has 0 unspecified atom stereocenters. The molecule has 11 heteroatoms. The number of hydrogen-bond acceptors (Lipinski definition) is 9. The van der Waals surface area contributed by atoms with Crippen molar-refractivity contribution >= 4 is 39.9 Å². The minimum Gasteiger partial charge on any atom is -0.394 e. The lowest BCUT2D eigenvalue weighted by molar-refractivity contribution is -0.0511. The Morgan fingerprint density at radius 3 is 2.81 bits per heavy atom. The Morgan fingerprint density at radius 2 is 2.19 bits per heavy atom. The molecule has 1 aliphatic heterocycles. The summed E-state index contributed by atoms with van der Waals surface area (Å²) < 4.78 is 7.21. The number of anilines is 1. The summed E-state index contributed by atoms with van der Waals surface area (Å²) in [5.74, 6) is -0.0965. The Hall–Kier alpha value is -1.37. The van der Waals surface area contributed by atoms with Gasteiger partial charge in [-0.2, -0.15) is 4.98 Å². The number of rotatable bonds is 2. The zero-order valence-electron chi connectivity index (χ0n) is 10.5. The van der Waals surface area contributed by atoms with E-state index in [4.69, 9.17) is 27.8 Å². The van der Waals surface area contributed by atoms with Gasteiger partial charge in [0.1, 0.15) is 23.0 Å². The number of fused-ring (bicyclic) bond motifs is 1. The quantitative estimate of drug-likeness (QED) is 0.427. The van der Waals surface area contributed by atoms with Crippen molar-refractivity contribution in [3.05, 3.63) is 14.3 Å². The van der Waals surface area contributed by atoms with Crippen molar-refractivity contribution in [1.29, 1.82) is 0 Å². The highest BCUT2D eigenvalue weighted by atomic mass is 32.1. The van der Waals surface area contributed by atoms with Gasteiger partial charge in [-0.3, -0.25) is 14.3 Å². The average Bonchev–Trinajstić information content (AvgIpc) is 2.89. The van der Waals surface area contributed by atoms with E-state index < -0.39 is 36.7 Å². The molecule has 0 amide bonds. The second-order valence-electron chi connectivity index (χ2n) is 4.57. The van der Waals surface area contributed by atoms with Gasteiger partial charge in [-0.15, -0.1) is 0 Å². The average molecular weight is 332 g/mol. The third-order valence-electron chi connectivity index (χ3n) is 3.26. The number of nitrogen functional groups attached to an aromatic ring is 1. The molecule has 3 heterocycles. The van der Waals surface area contributed by atoms with Gasteiger partial charge in [0, 0.05) is 0 Å². The van der Waals surface area contributed by atoms with Gasteiger partial charge in [0.15, 0.2) is 15.8 Å². The highest BCUT2D eigenvalue weighted by Gasteiger charge is 2.44. The first-order valence-electron chi connectivity index (χ1n) is 5.97. The molecule has 9 nitrogen and oxygen atoms in total. The van der Waals surface area contributed by atoms with Crippen LogP contribution in [0.2, 0.25) is 0 Å². The molecule has 4 atom stereocenters. The normalized spacial score (nSPS) is 29.3. The van der Waals surface area contributed by atoms with Gasteiger partial charge >= 0.3 is 0 Å². The highest BCUT2D eigenvalue weighted by Crippen LogP contribution is 2.33. The van der Waals surface area contributed by atoms with Gasteiger partial charge < -0.3 is 25.8 Å². The van der Waals surface area contributed by atoms with Crippen molar-refractivity contribution in [3.8, 4) is 0 Å². The lowest BCUT2D eigenvalue weighted by atomic mass is 10.1. The van der Waals surface area contributed by atoms with Gasteiger partial charge in [0.05, 0.1) is 6.61 Å². The largest absolute Gasteiger partial charge is 0.394 e. The van der Waals surface area contributed by atoms with E-state index in [-0.39, 0.29) is 20.2 Å². The van der Waals surface area contributed by atoms with Crippen molar-refractivity contribution in [1.82, 2.24) is 14.5 Å². The van der Waals surface area contributed by atoms with Crippen molar-refractivity contribution in [2.45, 2.75) is 24.5 Å². The van der Waals surface area contributed by atoms with Crippen LogP contribution >= 0.6 is 23.6 Å². The Kier molecular flexibility index (Phi) is 3.55. The molecule has 1 saturated heterocycles. The molecule has 3 rings (SSSR count). The van der Waals surface area contributed by atoms with Crippen molar-refractivity contribution in [2.24, 2.45) is 0 Å². The van der Waals surface area contributed by atoms with Crippen LogP contribution in [0.4, 0.5) is 5.95 Å². The van der Waals surface area contributed by atoms with E-state index in [1.54, 1.807) is 0 Å². The fraction of sp³-hybridized carbons (Fsp3) is 0.500. The number of aromatic nitrogens is 3. The maximum absolute atomic E-state index is 11.8. The number of nitrogens with two attached hydrogens (primary N) is 1. The summed E-state index contributed by atoms with van der Waals surface area (Å²) in [7, 11) is 0. The number of aliphatic hydroxyl groups is 3. The van der Waals surface area contributed by atoms with Gasteiger partial charge in [-0.25, -0.2) is 0 Å². The van der Waals surface area contributed by atoms with E-state index in [2.05, 4.69) is 9.97 Å². The molecule has 1 aliphatic rings. The molecule has 114 valence electrons. The number of aromatic amines is 1. The van der Waals surface area contributed by atoms with E-state index >= 15 is 0 Å². The van der Waals surface area contributed by atoms with Crippen LogP contribution in [0, 0.1) is 3.95 Å². The van der Waals surface area contributed by atoms with E-state index in [1.807, 2.05) is 0 Å². The minimum absolute atomic E-state index is 0.0965. The van der Waals surface area contributed by atoms with Crippen LogP contribution in [-0.2, 0) is 4.74 Å². The molecule has 2 aromatic heterocycles. The number of ether oxygens (including phenoxy) is 1. The number of thiazole rings is 1. The third kappa shape index (κ3) is 2.18. The van der Waals surface area contributed by atoms with E-state index in [0.29, 0.717) is 0 Å². The first kappa shape index (κ1) is 14.6. The Balaban J connectivity index is 2.20. The topological polar surface area (TPSA) is 147 Å². The predicted molar refractivity (Wildman–Crippen MR) is 76.5 cm³/mol. The maximum Gasteiger partial charge on any atom is 0.271 e. The second-order valence-corrected chi connectivity index (χ2v) is 6.21. The second kappa shape index (κ2) is 5.12. The summed E-state index contributed by atoms with van der Waals surface area (Å²) in [5, 5.41) is 29.0. The zero-order chi connectivity index (χ0) is 15.3. The van der Waals surface area contributed by atoms with Crippen LogP contribution in [0.5, 0.6) is 0 Å².